The molecule has 0 fully saturated rings. The maximum absolute atomic E-state index is 5.38. The summed E-state index contributed by atoms with van der Waals surface area (Å²) in [6.45, 7) is 0. The van der Waals surface area contributed by atoms with Crippen LogP contribution in [-0.4, -0.2) is 21.2 Å². The van der Waals surface area contributed by atoms with Crippen LogP contribution in [0.3, 0.4) is 0 Å². The van der Waals surface area contributed by atoms with Gasteiger partial charge in [0.1, 0.15) is 5.75 Å². The SMILES string of the molecule is COc1ccccc1Cc1cc[c]c(N(C)C)c1. The van der Waals surface area contributed by atoms with Crippen molar-refractivity contribution in [3.05, 3.63) is 59.7 Å². The normalized spacial score (nSPS) is 10.2. The fraction of sp³-hybridized carbons (Fsp3) is 0.250. The first-order valence-corrected chi connectivity index (χ1v) is 6.00. The average Bonchev–Trinajstić information content (AvgIpc) is 2.39. The van der Waals surface area contributed by atoms with Gasteiger partial charge in [-0.25, -0.2) is 0 Å². The van der Waals surface area contributed by atoms with Crippen LogP contribution in [0, 0.1) is 6.07 Å². The largest absolute Gasteiger partial charge is 0.496 e. The Hall–Kier alpha value is -1.96. The molecule has 0 bridgehead atoms. The monoisotopic (exact) mass is 240 g/mol. The Bertz CT molecular complexity index is 520. The first-order valence-electron chi connectivity index (χ1n) is 6.00. The molecule has 0 saturated heterocycles. The Morgan fingerprint density at radius 1 is 1.17 bits per heavy atom. The van der Waals surface area contributed by atoms with Crippen molar-refractivity contribution in [2.45, 2.75) is 6.42 Å². The molecule has 0 atom stereocenters. The number of nitrogens with zero attached hydrogens (tertiary/aromatic N) is 1. The highest BCUT2D eigenvalue weighted by molar-refractivity contribution is 5.48. The van der Waals surface area contributed by atoms with E-state index in [1.807, 2.05) is 38.4 Å². The topological polar surface area (TPSA) is 12.5 Å². The van der Waals surface area contributed by atoms with Gasteiger partial charge < -0.3 is 9.64 Å². The smallest absolute Gasteiger partial charge is 0.122 e. The van der Waals surface area contributed by atoms with E-state index < -0.39 is 0 Å². The molecule has 2 rings (SSSR count). The van der Waals surface area contributed by atoms with E-state index in [-0.39, 0.29) is 0 Å². The molecule has 2 heteroatoms. The van der Waals surface area contributed by atoms with Crippen LogP contribution in [0.25, 0.3) is 0 Å². The van der Waals surface area contributed by atoms with Crippen molar-refractivity contribution >= 4 is 5.69 Å². The molecule has 2 nitrogen and oxygen atoms in total. The van der Waals surface area contributed by atoms with Gasteiger partial charge in [0.05, 0.1) is 7.11 Å². The summed E-state index contributed by atoms with van der Waals surface area (Å²) in [5, 5.41) is 0. The summed E-state index contributed by atoms with van der Waals surface area (Å²) >= 11 is 0. The number of rotatable bonds is 4. The molecule has 1 radical (unpaired) electrons. The molecule has 0 aliphatic carbocycles. The molecule has 0 N–H and O–H groups in total. The van der Waals surface area contributed by atoms with Crippen LogP contribution in [0.1, 0.15) is 11.1 Å². The number of hydrogen-bond acceptors (Lipinski definition) is 2. The first-order chi connectivity index (χ1) is 8.70. The molecule has 2 aromatic rings. The standard InChI is InChI=1S/C16H18NO/c1-17(2)15-9-6-7-13(12-15)11-14-8-4-5-10-16(14)18-3/h4-8,10,12H,11H2,1-3H3. The lowest BCUT2D eigenvalue weighted by Gasteiger charge is -2.14. The lowest BCUT2D eigenvalue weighted by atomic mass is 10.0. The highest BCUT2D eigenvalue weighted by atomic mass is 16.5. The van der Waals surface area contributed by atoms with E-state index in [9.17, 15) is 0 Å². The zero-order valence-electron chi connectivity index (χ0n) is 11.1. The van der Waals surface area contributed by atoms with Gasteiger partial charge in [0.15, 0.2) is 0 Å². The summed E-state index contributed by atoms with van der Waals surface area (Å²) in [5.41, 5.74) is 3.57. The summed E-state index contributed by atoms with van der Waals surface area (Å²) in [7, 11) is 5.76. The third-order valence-electron chi connectivity index (χ3n) is 2.92. The maximum Gasteiger partial charge on any atom is 0.122 e. The second-order valence-electron chi connectivity index (χ2n) is 4.47. The minimum Gasteiger partial charge on any atom is -0.496 e. The van der Waals surface area contributed by atoms with Crippen molar-refractivity contribution in [1.29, 1.82) is 0 Å². The summed E-state index contributed by atoms with van der Waals surface area (Å²) in [4.78, 5) is 2.06. The van der Waals surface area contributed by atoms with Crippen LogP contribution < -0.4 is 9.64 Å². The predicted octanol–water partition coefficient (Wildman–Crippen LogP) is 3.15. The van der Waals surface area contributed by atoms with Gasteiger partial charge in [-0.3, -0.25) is 0 Å². The Labute approximate surface area is 109 Å². The molecular weight excluding hydrogens is 222 g/mol. The molecular formula is C16H18NO. The van der Waals surface area contributed by atoms with Gasteiger partial charge in [0.25, 0.3) is 0 Å². The van der Waals surface area contributed by atoms with Gasteiger partial charge in [0, 0.05) is 32.3 Å². The Morgan fingerprint density at radius 2 is 1.94 bits per heavy atom. The van der Waals surface area contributed by atoms with Crippen molar-refractivity contribution in [3.8, 4) is 5.75 Å². The summed E-state index contributed by atoms with van der Waals surface area (Å²) in [6.07, 6.45) is 0.875. The number of methoxy groups -OCH3 is 1. The van der Waals surface area contributed by atoms with Crippen LogP contribution in [0.5, 0.6) is 5.75 Å². The number of benzene rings is 2. The molecule has 0 heterocycles. The predicted molar refractivity (Wildman–Crippen MR) is 75.4 cm³/mol. The van der Waals surface area contributed by atoms with Gasteiger partial charge in [-0.05, 0) is 23.3 Å². The zero-order chi connectivity index (χ0) is 13.0. The molecule has 0 unspecified atom stereocenters. The lowest BCUT2D eigenvalue weighted by Crippen LogP contribution is -2.08. The first kappa shape index (κ1) is 12.5. The van der Waals surface area contributed by atoms with Crippen LogP contribution in [0.2, 0.25) is 0 Å². The molecule has 0 aromatic heterocycles. The fourth-order valence-corrected chi connectivity index (χ4v) is 1.94. The third-order valence-corrected chi connectivity index (χ3v) is 2.92. The molecule has 18 heavy (non-hydrogen) atoms. The average molecular weight is 240 g/mol. The quantitative estimate of drug-likeness (QED) is 0.814. The Kier molecular flexibility index (Phi) is 3.88. The van der Waals surface area contributed by atoms with Gasteiger partial charge in [-0.1, -0.05) is 30.3 Å². The fourth-order valence-electron chi connectivity index (χ4n) is 1.94. The minimum absolute atomic E-state index is 0.875. The van der Waals surface area contributed by atoms with Crippen molar-refractivity contribution in [2.24, 2.45) is 0 Å². The molecule has 0 aliphatic heterocycles. The summed E-state index contributed by atoms with van der Waals surface area (Å²) in [6, 6.07) is 17.6. The third kappa shape index (κ3) is 2.83. The second-order valence-corrected chi connectivity index (χ2v) is 4.47. The number of hydrogen-bond donors (Lipinski definition) is 0. The van der Waals surface area contributed by atoms with Crippen LogP contribution in [0.4, 0.5) is 5.69 Å². The summed E-state index contributed by atoms with van der Waals surface area (Å²) in [5.74, 6) is 0.941. The zero-order valence-corrected chi connectivity index (χ0v) is 11.1. The van der Waals surface area contributed by atoms with Crippen LogP contribution >= 0.6 is 0 Å². The van der Waals surface area contributed by atoms with E-state index in [4.69, 9.17) is 4.74 Å². The molecule has 2 aromatic carbocycles. The molecule has 0 spiro atoms. The van der Waals surface area contributed by atoms with Crippen molar-refractivity contribution < 1.29 is 4.74 Å². The second kappa shape index (κ2) is 5.58. The molecule has 0 amide bonds. The minimum atomic E-state index is 0.875. The number of anilines is 1. The van der Waals surface area contributed by atoms with Gasteiger partial charge >= 0.3 is 0 Å². The van der Waals surface area contributed by atoms with Gasteiger partial charge in [0.2, 0.25) is 0 Å². The van der Waals surface area contributed by atoms with E-state index in [0.717, 1.165) is 17.9 Å². The van der Waals surface area contributed by atoms with E-state index in [1.165, 1.54) is 11.1 Å². The van der Waals surface area contributed by atoms with Crippen molar-refractivity contribution in [3.63, 3.8) is 0 Å². The highest BCUT2D eigenvalue weighted by Crippen LogP contribution is 2.22. The summed E-state index contributed by atoms with van der Waals surface area (Å²) < 4.78 is 5.38. The van der Waals surface area contributed by atoms with Crippen molar-refractivity contribution in [1.82, 2.24) is 0 Å². The molecule has 93 valence electrons. The number of para-hydroxylation sites is 1. The lowest BCUT2D eigenvalue weighted by molar-refractivity contribution is 0.410. The van der Waals surface area contributed by atoms with Gasteiger partial charge in [-0.15, -0.1) is 0 Å². The molecule has 0 saturated carbocycles. The van der Waals surface area contributed by atoms with E-state index in [2.05, 4.69) is 29.2 Å². The number of ether oxygens (including phenoxy) is 1. The van der Waals surface area contributed by atoms with Crippen LogP contribution in [-0.2, 0) is 6.42 Å². The molecule has 0 aliphatic rings. The Balaban J connectivity index is 2.25. The maximum atomic E-state index is 5.38. The Morgan fingerprint density at radius 3 is 2.67 bits per heavy atom. The highest BCUT2D eigenvalue weighted by Gasteiger charge is 2.04. The van der Waals surface area contributed by atoms with Crippen LogP contribution in [0.15, 0.2) is 42.5 Å². The van der Waals surface area contributed by atoms with E-state index >= 15 is 0 Å². The van der Waals surface area contributed by atoms with Gasteiger partial charge in [-0.2, -0.15) is 0 Å². The van der Waals surface area contributed by atoms with E-state index in [1.54, 1.807) is 7.11 Å². The van der Waals surface area contributed by atoms with E-state index in [0.29, 0.717) is 0 Å². The van der Waals surface area contributed by atoms with Crippen molar-refractivity contribution in [2.75, 3.05) is 26.1 Å².